The second-order valence-electron chi connectivity index (χ2n) is 5.04. The minimum atomic E-state index is 0.145. The van der Waals surface area contributed by atoms with Crippen molar-refractivity contribution in [2.45, 2.75) is 44.6 Å². The molecule has 2 heteroatoms. The van der Waals surface area contributed by atoms with E-state index in [0.29, 0.717) is 0 Å². The Hall–Kier alpha value is -1.02. The summed E-state index contributed by atoms with van der Waals surface area (Å²) in [6.45, 7) is 2.86. The molecule has 0 aromatic heterocycles. The van der Waals surface area contributed by atoms with Crippen LogP contribution < -0.4 is 11.1 Å². The topological polar surface area (TPSA) is 38.0 Å². The zero-order valence-electron chi connectivity index (χ0n) is 10.1. The Morgan fingerprint density at radius 3 is 2.62 bits per heavy atom. The van der Waals surface area contributed by atoms with Crippen LogP contribution in [0, 0.1) is 6.92 Å². The molecule has 0 radical (unpaired) electrons. The summed E-state index contributed by atoms with van der Waals surface area (Å²) in [5, 5.41) is 3.66. The molecule has 3 N–H and O–H groups in total. The highest BCUT2D eigenvalue weighted by atomic mass is 15.0. The first-order valence-corrected chi connectivity index (χ1v) is 6.29. The largest absolute Gasteiger partial charge is 0.378 e. The molecule has 0 unspecified atom stereocenters. The zero-order chi connectivity index (χ0) is 11.4. The highest BCUT2D eigenvalue weighted by molar-refractivity contribution is 5.48. The van der Waals surface area contributed by atoms with E-state index in [1.165, 1.54) is 43.4 Å². The number of hydrogen-bond donors (Lipinski definition) is 2. The lowest BCUT2D eigenvalue weighted by Gasteiger charge is -2.38. The maximum Gasteiger partial charge on any atom is 0.0495 e. The van der Waals surface area contributed by atoms with Gasteiger partial charge in [0.1, 0.15) is 0 Å². The Labute approximate surface area is 98.2 Å². The van der Waals surface area contributed by atoms with Crippen molar-refractivity contribution in [3.8, 4) is 0 Å². The minimum absolute atomic E-state index is 0.145. The van der Waals surface area contributed by atoms with E-state index in [2.05, 4.69) is 36.5 Å². The SMILES string of the molecule is Cc1cccc(NC2(CN)CCCCC2)c1. The monoisotopic (exact) mass is 218 g/mol. The van der Waals surface area contributed by atoms with Gasteiger partial charge in [0.15, 0.2) is 0 Å². The number of rotatable bonds is 3. The van der Waals surface area contributed by atoms with Crippen LogP contribution in [0.2, 0.25) is 0 Å². The van der Waals surface area contributed by atoms with E-state index in [4.69, 9.17) is 5.73 Å². The van der Waals surface area contributed by atoms with E-state index >= 15 is 0 Å². The van der Waals surface area contributed by atoms with E-state index in [1.807, 2.05) is 0 Å². The molecule has 1 fully saturated rings. The van der Waals surface area contributed by atoms with E-state index in [9.17, 15) is 0 Å². The first-order chi connectivity index (χ1) is 7.74. The van der Waals surface area contributed by atoms with Crippen LogP contribution in [-0.4, -0.2) is 12.1 Å². The van der Waals surface area contributed by atoms with Crippen molar-refractivity contribution in [3.05, 3.63) is 29.8 Å². The Bertz CT molecular complexity index is 340. The highest BCUT2D eigenvalue weighted by Gasteiger charge is 2.30. The number of nitrogens with two attached hydrogens (primary N) is 1. The lowest BCUT2D eigenvalue weighted by molar-refractivity contribution is 0.331. The number of benzene rings is 1. The molecule has 1 saturated carbocycles. The van der Waals surface area contributed by atoms with Crippen molar-refractivity contribution >= 4 is 5.69 Å². The predicted molar refractivity (Wildman–Crippen MR) is 69.7 cm³/mol. The summed E-state index contributed by atoms with van der Waals surface area (Å²) in [4.78, 5) is 0. The van der Waals surface area contributed by atoms with Gasteiger partial charge < -0.3 is 11.1 Å². The van der Waals surface area contributed by atoms with Crippen molar-refractivity contribution in [1.82, 2.24) is 0 Å². The average Bonchev–Trinajstić information content (AvgIpc) is 2.30. The minimum Gasteiger partial charge on any atom is -0.378 e. The summed E-state index contributed by atoms with van der Waals surface area (Å²) >= 11 is 0. The van der Waals surface area contributed by atoms with Gasteiger partial charge in [-0.3, -0.25) is 0 Å². The number of nitrogens with one attached hydrogen (secondary N) is 1. The third kappa shape index (κ3) is 2.56. The van der Waals surface area contributed by atoms with Crippen LogP contribution in [0.25, 0.3) is 0 Å². The number of hydrogen-bond acceptors (Lipinski definition) is 2. The van der Waals surface area contributed by atoms with E-state index in [1.54, 1.807) is 0 Å². The Morgan fingerprint density at radius 1 is 1.25 bits per heavy atom. The van der Waals surface area contributed by atoms with Gasteiger partial charge in [-0.15, -0.1) is 0 Å². The van der Waals surface area contributed by atoms with Crippen molar-refractivity contribution in [2.75, 3.05) is 11.9 Å². The summed E-state index contributed by atoms with van der Waals surface area (Å²) in [6.07, 6.45) is 6.37. The van der Waals surface area contributed by atoms with E-state index < -0.39 is 0 Å². The Morgan fingerprint density at radius 2 is 2.00 bits per heavy atom. The first-order valence-electron chi connectivity index (χ1n) is 6.29. The lowest BCUT2D eigenvalue weighted by atomic mass is 9.81. The third-order valence-corrected chi connectivity index (χ3v) is 3.63. The molecule has 2 nitrogen and oxygen atoms in total. The molecule has 1 aromatic carbocycles. The molecular formula is C14H22N2. The maximum absolute atomic E-state index is 5.96. The molecule has 1 aromatic rings. The molecule has 0 aliphatic heterocycles. The van der Waals surface area contributed by atoms with Gasteiger partial charge in [-0.2, -0.15) is 0 Å². The van der Waals surface area contributed by atoms with Gasteiger partial charge in [0.25, 0.3) is 0 Å². The van der Waals surface area contributed by atoms with E-state index in [0.717, 1.165) is 6.54 Å². The summed E-state index contributed by atoms with van der Waals surface area (Å²) in [5.41, 5.74) is 8.62. The fourth-order valence-electron chi connectivity index (χ4n) is 2.64. The maximum atomic E-state index is 5.96. The van der Waals surface area contributed by atoms with Crippen LogP contribution in [0.15, 0.2) is 24.3 Å². The zero-order valence-corrected chi connectivity index (χ0v) is 10.1. The van der Waals surface area contributed by atoms with Gasteiger partial charge in [-0.25, -0.2) is 0 Å². The van der Waals surface area contributed by atoms with Crippen LogP contribution >= 0.6 is 0 Å². The molecule has 1 aliphatic rings. The van der Waals surface area contributed by atoms with Gasteiger partial charge in [-0.1, -0.05) is 31.4 Å². The van der Waals surface area contributed by atoms with Crippen molar-refractivity contribution in [2.24, 2.45) is 5.73 Å². The highest BCUT2D eigenvalue weighted by Crippen LogP contribution is 2.31. The third-order valence-electron chi connectivity index (χ3n) is 3.63. The van der Waals surface area contributed by atoms with Gasteiger partial charge in [0.2, 0.25) is 0 Å². The molecule has 0 atom stereocenters. The second-order valence-corrected chi connectivity index (χ2v) is 5.04. The summed E-state index contributed by atoms with van der Waals surface area (Å²) < 4.78 is 0. The fraction of sp³-hybridized carbons (Fsp3) is 0.571. The van der Waals surface area contributed by atoms with Crippen LogP contribution in [0.4, 0.5) is 5.69 Å². The standard InChI is InChI=1S/C14H22N2/c1-12-6-5-7-13(10-12)16-14(11-15)8-3-2-4-9-14/h5-7,10,16H,2-4,8-9,11,15H2,1H3. The molecule has 88 valence electrons. The lowest BCUT2D eigenvalue weighted by Crippen LogP contribution is -2.46. The van der Waals surface area contributed by atoms with Gasteiger partial charge in [0.05, 0.1) is 0 Å². The number of aryl methyl sites for hydroxylation is 1. The van der Waals surface area contributed by atoms with Gasteiger partial charge in [0, 0.05) is 17.8 Å². The Balaban J connectivity index is 2.11. The summed E-state index contributed by atoms with van der Waals surface area (Å²) in [6, 6.07) is 8.57. The first kappa shape index (κ1) is 11.5. The number of anilines is 1. The molecule has 16 heavy (non-hydrogen) atoms. The van der Waals surface area contributed by atoms with Crippen LogP contribution in [0.1, 0.15) is 37.7 Å². The second kappa shape index (κ2) is 4.88. The predicted octanol–water partition coefficient (Wildman–Crippen LogP) is 3.07. The molecule has 0 amide bonds. The van der Waals surface area contributed by atoms with Crippen molar-refractivity contribution < 1.29 is 0 Å². The quantitative estimate of drug-likeness (QED) is 0.818. The summed E-state index contributed by atoms with van der Waals surface area (Å²) in [5.74, 6) is 0. The van der Waals surface area contributed by atoms with Crippen molar-refractivity contribution in [3.63, 3.8) is 0 Å². The molecule has 2 rings (SSSR count). The van der Waals surface area contributed by atoms with Crippen LogP contribution in [0.3, 0.4) is 0 Å². The molecule has 0 heterocycles. The van der Waals surface area contributed by atoms with E-state index in [-0.39, 0.29) is 5.54 Å². The summed E-state index contributed by atoms with van der Waals surface area (Å²) in [7, 11) is 0. The van der Waals surface area contributed by atoms with Crippen LogP contribution in [0.5, 0.6) is 0 Å². The Kier molecular flexibility index (Phi) is 3.49. The molecule has 1 aliphatic carbocycles. The van der Waals surface area contributed by atoms with Gasteiger partial charge >= 0.3 is 0 Å². The normalized spacial score (nSPS) is 19.4. The van der Waals surface area contributed by atoms with Gasteiger partial charge in [-0.05, 0) is 37.5 Å². The van der Waals surface area contributed by atoms with Crippen molar-refractivity contribution in [1.29, 1.82) is 0 Å². The molecule has 0 saturated heterocycles. The molecule has 0 spiro atoms. The molecule has 0 bridgehead atoms. The van der Waals surface area contributed by atoms with Crippen LogP contribution in [-0.2, 0) is 0 Å². The smallest absolute Gasteiger partial charge is 0.0495 e. The molecular weight excluding hydrogens is 196 g/mol. The average molecular weight is 218 g/mol. The fourth-order valence-corrected chi connectivity index (χ4v) is 2.64.